The highest BCUT2D eigenvalue weighted by atomic mass is 16.2. The molecule has 1 aromatic carbocycles. The molecule has 1 aromatic rings. The average molecular weight is 346 g/mol. The van der Waals surface area contributed by atoms with Crippen LogP contribution in [0.25, 0.3) is 0 Å². The topological polar surface area (TPSA) is 23.6 Å². The van der Waals surface area contributed by atoms with Crippen LogP contribution in [0.15, 0.2) is 65.4 Å². The van der Waals surface area contributed by atoms with Gasteiger partial charge in [-0.3, -0.25) is 4.90 Å². The Balaban J connectivity index is 1.85. The number of hydrogen-bond acceptors (Lipinski definition) is 1. The Hall–Kier alpha value is -2.73. The molecule has 1 saturated heterocycles. The van der Waals surface area contributed by atoms with Gasteiger partial charge in [0.1, 0.15) is 0 Å². The summed E-state index contributed by atoms with van der Waals surface area (Å²) in [5.41, 5.74) is 4.10. The molecule has 3 heteroatoms. The van der Waals surface area contributed by atoms with Crippen LogP contribution in [0.2, 0.25) is 0 Å². The van der Waals surface area contributed by atoms with Gasteiger partial charge in [0.2, 0.25) is 0 Å². The minimum Gasteiger partial charge on any atom is -0.320 e. The van der Waals surface area contributed by atoms with E-state index in [0.717, 1.165) is 29.7 Å². The van der Waals surface area contributed by atoms with Gasteiger partial charge in [-0.15, -0.1) is 0 Å². The smallest absolute Gasteiger partial charge is 0.320 e. The van der Waals surface area contributed by atoms with E-state index in [9.17, 15) is 4.79 Å². The largest absolute Gasteiger partial charge is 0.324 e. The monoisotopic (exact) mass is 346 g/mol. The molecular weight excluding hydrogens is 320 g/mol. The number of hydrogen-bond donors (Lipinski definition) is 0. The van der Waals surface area contributed by atoms with Crippen molar-refractivity contribution < 1.29 is 4.79 Å². The van der Waals surface area contributed by atoms with Crippen LogP contribution >= 0.6 is 0 Å². The number of carbonyl (C=O) groups is 1. The Labute approximate surface area is 156 Å². The van der Waals surface area contributed by atoms with Crippen molar-refractivity contribution in [3.63, 3.8) is 0 Å². The molecule has 0 unspecified atom stereocenters. The molecule has 0 atom stereocenters. The first-order chi connectivity index (χ1) is 12.4. The van der Waals surface area contributed by atoms with E-state index >= 15 is 0 Å². The summed E-state index contributed by atoms with van der Waals surface area (Å²) in [5, 5.41) is 0. The van der Waals surface area contributed by atoms with Gasteiger partial charge in [0.05, 0.1) is 12.1 Å². The molecule has 0 radical (unpaired) electrons. The van der Waals surface area contributed by atoms with Crippen LogP contribution in [0, 0.1) is 11.8 Å². The van der Waals surface area contributed by atoms with Crippen LogP contribution < -0.4 is 0 Å². The summed E-state index contributed by atoms with van der Waals surface area (Å²) < 4.78 is 0. The summed E-state index contributed by atoms with van der Waals surface area (Å²) in [6.45, 7) is 7.02. The fraction of sp³-hybridized carbons (Fsp3) is 0.348. The summed E-state index contributed by atoms with van der Waals surface area (Å²) in [7, 11) is 1.88. The van der Waals surface area contributed by atoms with Crippen LogP contribution in [0.5, 0.6) is 0 Å². The van der Waals surface area contributed by atoms with Gasteiger partial charge >= 0.3 is 6.03 Å². The second kappa shape index (κ2) is 7.25. The maximum atomic E-state index is 12.7. The maximum absolute atomic E-state index is 12.7. The number of urea groups is 1. The van der Waals surface area contributed by atoms with E-state index in [1.165, 1.54) is 5.57 Å². The van der Waals surface area contributed by atoms with Crippen molar-refractivity contribution in [2.75, 3.05) is 13.6 Å². The normalized spacial score (nSPS) is 19.7. The third-order valence-electron chi connectivity index (χ3n) is 5.13. The van der Waals surface area contributed by atoms with Crippen LogP contribution in [0.3, 0.4) is 0 Å². The Kier molecular flexibility index (Phi) is 5.04. The van der Waals surface area contributed by atoms with E-state index in [1.54, 1.807) is 0 Å². The Bertz CT molecular complexity index is 847. The van der Waals surface area contributed by atoms with Crippen molar-refractivity contribution >= 4 is 6.03 Å². The fourth-order valence-corrected chi connectivity index (χ4v) is 3.22. The second-order valence-electron chi connectivity index (χ2n) is 7.55. The molecule has 3 nitrogen and oxygen atoms in total. The van der Waals surface area contributed by atoms with Gasteiger partial charge in [-0.2, -0.15) is 0 Å². The average Bonchev–Trinajstić information content (AvgIpc) is 2.81. The molecule has 0 saturated carbocycles. The first kappa shape index (κ1) is 18.1. The molecule has 3 rings (SSSR count). The van der Waals surface area contributed by atoms with Crippen LogP contribution in [0.4, 0.5) is 4.79 Å². The maximum Gasteiger partial charge on any atom is 0.324 e. The van der Waals surface area contributed by atoms with Gasteiger partial charge in [-0.05, 0) is 63.5 Å². The summed E-state index contributed by atoms with van der Waals surface area (Å²) in [5.74, 6) is 6.47. The minimum absolute atomic E-state index is 0.0653. The van der Waals surface area contributed by atoms with Crippen molar-refractivity contribution in [1.82, 2.24) is 9.80 Å². The zero-order valence-electron chi connectivity index (χ0n) is 16.0. The number of carbonyl (C=O) groups excluding carboxylic acids is 1. The first-order valence-corrected chi connectivity index (χ1v) is 9.09. The molecule has 134 valence electrons. The molecule has 26 heavy (non-hydrogen) atoms. The van der Waals surface area contributed by atoms with Crippen molar-refractivity contribution in [1.29, 1.82) is 0 Å². The third kappa shape index (κ3) is 3.75. The van der Waals surface area contributed by atoms with Crippen molar-refractivity contribution in [2.45, 2.75) is 39.2 Å². The van der Waals surface area contributed by atoms with Crippen molar-refractivity contribution in [2.24, 2.45) is 0 Å². The van der Waals surface area contributed by atoms with Gasteiger partial charge in [-0.1, -0.05) is 36.1 Å². The van der Waals surface area contributed by atoms with Crippen molar-refractivity contribution in [3.05, 3.63) is 71.0 Å². The first-order valence-electron chi connectivity index (χ1n) is 9.09. The van der Waals surface area contributed by atoms with Gasteiger partial charge in [0.25, 0.3) is 0 Å². The number of likely N-dealkylation sites (N-methyl/N-ethyl adjacent to an activating group) is 1. The molecule has 2 aliphatic rings. The van der Waals surface area contributed by atoms with Crippen LogP contribution in [-0.2, 0) is 0 Å². The van der Waals surface area contributed by atoms with E-state index in [2.05, 4.69) is 38.7 Å². The zero-order chi connectivity index (χ0) is 18.7. The number of benzene rings is 1. The third-order valence-corrected chi connectivity index (χ3v) is 5.13. The lowest BCUT2D eigenvalue weighted by atomic mass is 10.0. The highest BCUT2D eigenvalue weighted by molar-refractivity contribution is 5.80. The highest BCUT2D eigenvalue weighted by Gasteiger charge is 2.41. The lowest BCUT2D eigenvalue weighted by Crippen LogP contribution is -2.38. The molecule has 0 spiro atoms. The Morgan fingerprint density at radius 3 is 2.46 bits per heavy atom. The van der Waals surface area contributed by atoms with Gasteiger partial charge in [-0.25, -0.2) is 4.79 Å². The van der Waals surface area contributed by atoms with Gasteiger partial charge < -0.3 is 4.90 Å². The lowest BCUT2D eigenvalue weighted by molar-refractivity contribution is 0.191. The quantitative estimate of drug-likeness (QED) is 0.674. The Morgan fingerprint density at radius 1 is 1.08 bits per heavy atom. The Morgan fingerprint density at radius 2 is 1.81 bits per heavy atom. The summed E-state index contributed by atoms with van der Waals surface area (Å²) in [6.07, 6.45) is 8.12. The molecular formula is C23H26N2O. The molecule has 2 amide bonds. The van der Waals surface area contributed by atoms with Gasteiger partial charge in [0.15, 0.2) is 0 Å². The molecule has 1 aliphatic carbocycles. The summed E-state index contributed by atoms with van der Waals surface area (Å²) >= 11 is 0. The molecule has 0 bridgehead atoms. The number of amides is 2. The molecule has 1 fully saturated rings. The van der Waals surface area contributed by atoms with Crippen LogP contribution in [0.1, 0.15) is 39.2 Å². The van der Waals surface area contributed by atoms with Gasteiger partial charge in [0, 0.05) is 23.9 Å². The predicted molar refractivity (Wildman–Crippen MR) is 106 cm³/mol. The van der Waals surface area contributed by atoms with E-state index in [1.807, 2.05) is 59.3 Å². The second-order valence-corrected chi connectivity index (χ2v) is 7.55. The van der Waals surface area contributed by atoms with E-state index in [-0.39, 0.29) is 11.6 Å². The summed E-state index contributed by atoms with van der Waals surface area (Å²) in [4.78, 5) is 16.4. The molecule has 0 N–H and O–H groups in total. The van der Waals surface area contributed by atoms with E-state index in [0.29, 0.717) is 6.54 Å². The highest BCUT2D eigenvalue weighted by Crippen LogP contribution is 2.30. The molecule has 1 heterocycles. The standard InChI is InChI=1S/C23H26N2O/c1-18-9-8-12-20(14-13-19-10-6-5-7-11-19)15-16-21(18)25-17-23(2,3)24(4)22(25)26/h5-7,10-12,15-16H,8-9,17H2,1-4H3. The summed E-state index contributed by atoms with van der Waals surface area (Å²) in [6, 6.07) is 10.1. The van der Waals surface area contributed by atoms with Crippen molar-refractivity contribution in [3.8, 4) is 11.8 Å². The molecule has 0 aromatic heterocycles. The number of nitrogens with zero attached hydrogens (tertiary/aromatic N) is 2. The number of allylic oxidation sites excluding steroid dienone is 5. The van der Waals surface area contributed by atoms with E-state index < -0.39 is 0 Å². The minimum atomic E-state index is -0.160. The lowest BCUT2D eigenvalue weighted by Gasteiger charge is -2.24. The number of rotatable bonds is 1. The fourth-order valence-electron chi connectivity index (χ4n) is 3.22. The van der Waals surface area contributed by atoms with E-state index in [4.69, 9.17) is 0 Å². The SMILES string of the molecule is CC1=C(N2CC(C)(C)N(C)C2=O)C=CC(C#Cc2ccccc2)=CCC1. The predicted octanol–water partition coefficient (Wildman–Crippen LogP) is 4.73. The zero-order valence-corrected chi connectivity index (χ0v) is 16.0. The molecule has 1 aliphatic heterocycles. The van der Waals surface area contributed by atoms with Crippen LogP contribution in [-0.4, -0.2) is 35.0 Å².